The van der Waals surface area contributed by atoms with Crippen molar-refractivity contribution < 1.29 is 19.8 Å². The van der Waals surface area contributed by atoms with Gasteiger partial charge in [0.2, 0.25) is 0 Å². The third-order valence-electron chi connectivity index (χ3n) is 4.85. The molecular weight excluding hydrogens is 378 g/mol. The van der Waals surface area contributed by atoms with Gasteiger partial charge in [-0.25, -0.2) is 14.6 Å². The number of carboxylic acid groups (broad SMARTS) is 2. The molecule has 0 saturated carbocycles. The van der Waals surface area contributed by atoms with Crippen molar-refractivity contribution >= 4 is 23.5 Å². The molecule has 150 valence electrons. The number of hydrogen-bond donors (Lipinski definition) is 2. The van der Waals surface area contributed by atoms with Gasteiger partial charge in [0.25, 0.3) is 0 Å². The van der Waals surface area contributed by atoms with E-state index in [4.69, 9.17) is 11.6 Å². The predicted molar refractivity (Wildman–Crippen MR) is 109 cm³/mol. The Balaban J connectivity index is 2.52. The minimum atomic E-state index is -1.25. The van der Waals surface area contributed by atoms with Crippen molar-refractivity contribution in [2.45, 2.75) is 50.8 Å². The van der Waals surface area contributed by atoms with Crippen molar-refractivity contribution in [2.75, 3.05) is 0 Å². The van der Waals surface area contributed by atoms with Crippen molar-refractivity contribution in [1.82, 2.24) is 4.98 Å². The number of alkyl halides is 1. The van der Waals surface area contributed by atoms with Crippen molar-refractivity contribution in [3.8, 4) is 0 Å². The van der Waals surface area contributed by atoms with Crippen LogP contribution in [0.25, 0.3) is 0 Å². The van der Waals surface area contributed by atoms with Crippen LogP contribution in [0.4, 0.5) is 0 Å². The molecule has 5 nitrogen and oxygen atoms in total. The molecule has 28 heavy (non-hydrogen) atoms. The molecule has 0 amide bonds. The van der Waals surface area contributed by atoms with Crippen molar-refractivity contribution in [3.05, 3.63) is 65.0 Å². The number of carbonyl (C=O) groups is 2. The summed E-state index contributed by atoms with van der Waals surface area (Å²) in [5.74, 6) is -2.42. The van der Waals surface area contributed by atoms with E-state index in [1.54, 1.807) is 0 Å². The maximum Gasteiger partial charge on any atom is 0.354 e. The molecule has 2 unspecified atom stereocenters. The molecule has 0 saturated heterocycles. The Hall–Kier alpha value is -2.40. The number of aromatic carboxylic acids is 2. The Bertz CT molecular complexity index is 798. The van der Waals surface area contributed by atoms with Crippen molar-refractivity contribution in [1.29, 1.82) is 0 Å². The van der Waals surface area contributed by atoms with E-state index in [0.29, 0.717) is 12.0 Å². The van der Waals surface area contributed by atoms with Gasteiger partial charge in [-0.15, -0.1) is 11.6 Å². The second-order valence-electron chi connectivity index (χ2n) is 7.67. The topological polar surface area (TPSA) is 87.5 Å². The fraction of sp³-hybridized carbons (Fsp3) is 0.409. The summed E-state index contributed by atoms with van der Waals surface area (Å²) < 4.78 is 0. The van der Waals surface area contributed by atoms with Crippen LogP contribution in [-0.4, -0.2) is 32.0 Å². The van der Waals surface area contributed by atoms with Gasteiger partial charge in [0, 0.05) is 4.87 Å². The lowest BCUT2D eigenvalue weighted by atomic mass is 9.76. The smallest absolute Gasteiger partial charge is 0.354 e. The Labute approximate surface area is 170 Å². The lowest BCUT2D eigenvalue weighted by Crippen LogP contribution is -2.24. The third kappa shape index (κ3) is 6.06. The lowest BCUT2D eigenvalue weighted by molar-refractivity contribution is 0.0684. The fourth-order valence-corrected chi connectivity index (χ4v) is 3.72. The summed E-state index contributed by atoms with van der Waals surface area (Å²) in [6.07, 6.45) is 2.23. The second kappa shape index (κ2) is 9.20. The molecule has 0 fully saturated rings. The number of rotatable bonds is 9. The quantitative estimate of drug-likeness (QED) is 0.559. The number of benzene rings is 1. The summed E-state index contributed by atoms with van der Waals surface area (Å²) in [4.78, 5) is 26.2. The van der Waals surface area contributed by atoms with E-state index in [-0.39, 0.29) is 23.2 Å². The highest BCUT2D eigenvalue weighted by molar-refractivity contribution is 6.23. The molecule has 1 heterocycles. The summed E-state index contributed by atoms with van der Waals surface area (Å²) >= 11 is 6.54. The first-order chi connectivity index (χ1) is 13.1. The highest BCUT2D eigenvalue weighted by atomic mass is 35.5. The lowest BCUT2D eigenvalue weighted by Gasteiger charge is -2.32. The zero-order valence-electron chi connectivity index (χ0n) is 16.4. The van der Waals surface area contributed by atoms with Crippen LogP contribution in [0.2, 0.25) is 0 Å². The van der Waals surface area contributed by atoms with Crippen molar-refractivity contribution in [2.24, 2.45) is 5.92 Å². The summed E-state index contributed by atoms with van der Waals surface area (Å²) in [5.41, 5.74) is 1.31. The molecule has 1 aromatic heterocycles. The van der Waals surface area contributed by atoms with Gasteiger partial charge in [-0.05, 0) is 61.8 Å². The van der Waals surface area contributed by atoms with Crippen LogP contribution in [-0.2, 0) is 6.42 Å². The highest BCUT2D eigenvalue weighted by Crippen LogP contribution is 2.39. The number of nitrogens with zero attached hydrogens (tertiary/aromatic N) is 1. The van der Waals surface area contributed by atoms with Gasteiger partial charge in [0.1, 0.15) is 11.4 Å². The number of halogens is 1. The van der Waals surface area contributed by atoms with Gasteiger partial charge in [-0.2, -0.15) is 0 Å². The molecule has 2 atom stereocenters. The first kappa shape index (κ1) is 21.9. The average molecular weight is 404 g/mol. The molecular formula is C22H26ClNO4. The van der Waals surface area contributed by atoms with Gasteiger partial charge >= 0.3 is 11.9 Å². The van der Waals surface area contributed by atoms with Gasteiger partial charge < -0.3 is 10.2 Å². The van der Waals surface area contributed by atoms with Crippen LogP contribution in [0, 0.1) is 5.92 Å². The predicted octanol–water partition coefficient (Wildman–Crippen LogP) is 5.24. The van der Waals surface area contributed by atoms with Gasteiger partial charge in [-0.3, -0.25) is 0 Å². The van der Waals surface area contributed by atoms with Crippen LogP contribution in [0.3, 0.4) is 0 Å². The largest absolute Gasteiger partial charge is 0.477 e. The zero-order chi connectivity index (χ0) is 20.9. The summed E-state index contributed by atoms with van der Waals surface area (Å²) in [6.45, 7) is 5.90. The molecule has 0 aliphatic heterocycles. The zero-order valence-corrected chi connectivity index (χ0v) is 17.1. The molecule has 6 heteroatoms. The van der Waals surface area contributed by atoms with Crippen LogP contribution in [0.5, 0.6) is 0 Å². The van der Waals surface area contributed by atoms with E-state index < -0.39 is 16.8 Å². The van der Waals surface area contributed by atoms with Gasteiger partial charge in [0.15, 0.2) is 0 Å². The molecule has 0 bridgehead atoms. The number of hydrogen-bond acceptors (Lipinski definition) is 3. The van der Waals surface area contributed by atoms with Gasteiger partial charge in [-0.1, -0.05) is 43.7 Å². The van der Waals surface area contributed by atoms with Crippen molar-refractivity contribution in [3.63, 3.8) is 0 Å². The van der Waals surface area contributed by atoms with E-state index in [0.717, 1.165) is 12.8 Å². The monoisotopic (exact) mass is 403 g/mol. The SMILES string of the molecule is CCC(Cc1ccccc1)C(CC(C)(C)Cl)c1cc(C(=O)O)nc(C(=O)O)c1. The molecule has 0 aliphatic carbocycles. The van der Waals surface area contributed by atoms with Crippen LogP contribution in [0.1, 0.15) is 71.6 Å². The normalized spacial score (nSPS) is 13.7. The standard InChI is InChI=1S/C22H26ClNO4/c1-4-15(10-14-8-6-5-7-9-14)17(13-22(2,3)23)16-11-18(20(25)26)24-19(12-16)21(27)28/h5-9,11-12,15,17H,4,10,13H2,1-3H3,(H,25,26)(H,27,28). The summed E-state index contributed by atoms with van der Waals surface area (Å²) in [5, 5.41) is 18.8. The van der Waals surface area contributed by atoms with E-state index >= 15 is 0 Å². The van der Waals surface area contributed by atoms with E-state index in [9.17, 15) is 19.8 Å². The van der Waals surface area contributed by atoms with E-state index in [2.05, 4.69) is 24.0 Å². The molecule has 2 aromatic rings. The van der Waals surface area contributed by atoms with Crippen LogP contribution < -0.4 is 0 Å². The molecule has 0 radical (unpaired) electrons. The average Bonchev–Trinajstić information content (AvgIpc) is 2.64. The third-order valence-corrected chi connectivity index (χ3v) is 5.01. The molecule has 2 rings (SSSR count). The first-order valence-electron chi connectivity index (χ1n) is 9.32. The van der Waals surface area contributed by atoms with E-state index in [1.165, 1.54) is 17.7 Å². The van der Waals surface area contributed by atoms with E-state index in [1.807, 2.05) is 32.0 Å². The number of aromatic nitrogens is 1. The minimum absolute atomic E-state index is 0.100. The Kier molecular flexibility index (Phi) is 7.19. The Morgan fingerprint density at radius 2 is 1.61 bits per heavy atom. The van der Waals surface area contributed by atoms with Gasteiger partial charge in [0.05, 0.1) is 0 Å². The maximum absolute atomic E-state index is 11.5. The molecule has 2 N–H and O–H groups in total. The summed E-state index contributed by atoms with van der Waals surface area (Å²) in [6, 6.07) is 13.0. The Morgan fingerprint density at radius 3 is 2.04 bits per heavy atom. The molecule has 0 aliphatic rings. The Morgan fingerprint density at radius 1 is 1.07 bits per heavy atom. The van der Waals surface area contributed by atoms with Crippen LogP contribution >= 0.6 is 11.6 Å². The summed E-state index contributed by atoms with van der Waals surface area (Å²) in [7, 11) is 0. The fourth-order valence-electron chi connectivity index (χ4n) is 3.55. The highest BCUT2D eigenvalue weighted by Gasteiger charge is 2.30. The van der Waals surface area contributed by atoms with Crippen LogP contribution in [0.15, 0.2) is 42.5 Å². The maximum atomic E-state index is 11.5. The second-order valence-corrected chi connectivity index (χ2v) is 8.69. The first-order valence-corrected chi connectivity index (χ1v) is 9.70. The number of carboxylic acids is 2. The molecule has 0 spiro atoms. The number of pyridine rings is 1. The minimum Gasteiger partial charge on any atom is -0.477 e. The molecule has 1 aromatic carbocycles.